The van der Waals surface area contributed by atoms with E-state index in [0.717, 1.165) is 30.4 Å². The van der Waals surface area contributed by atoms with E-state index in [2.05, 4.69) is 15.3 Å². The highest BCUT2D eigenvalue weighted by Gasteiger charge is 2.30. The Hall–Kier alpha value is -3.04. The lowest BCUT2D eigenvalue weighted by atomic mass is 10.0. The topological polar surface area (TPSA) is 108 Å². The quantitative estimate of drug-likeness (QED) is 0.381. The van der Waals surface area contributed by atoms with Crippen LogP contribution in [0, 0.1) is 0 Å². The van der Waals surface area contributed by atoms with Gasteiger partial charge in [-0.1, -0.05) is 35.9 Å². The van der Waals surface area contributed by atoms with Gasteiger partial charge in [-0.15, -0.1) is 0 Å². The fraction of sp³-hybridized carbons (Fsp3) is 0.370. The standard InChI is InChI=1S/C27H31ClN4O4/c1-32(16-23(36-2)21-4-3-5-25(33)31-21)27(35)18-8-6-17(7-9-18)14-20-11-12-22(30-20)26(34)19-10-13-24(28)29-15-19/h3-10,13,15,20,22-23,26,30,34H,11-12,14,16H2,1-2H3,(H,31,33)/t20-,22+,23?,26+/m0/s1. The number of hydrogen-bond acceptors (Lipinski definition) is 6. The number of likely N-dealkylation sites (N-methyl/N-ethyl adjacent to an activating group) is 1. The second-order valence-electron chi connectivity index (χ2n) is 9.19. The highest BCUT2D eigenvalue weighted by molar-refractivity contribution is 6.29. The predicted octanol–water partition coefficient (Wildman–Crippen LogP) is 3.28. The molecular formula is C27H31ClN4O4. The third-order valence-electron chi connectivity index (χ3n) is 6.64. The minimum absolute atomic E-state index is 0.0410. The molecule has 1 fully saturated rings. The number of carbonyl (C=O) groups excluding carboxylic acids is 1. The maximum absolute atomic E-state index is 13.0. The molecule has 8 nitrogen and oxygen atoms in total. The second-order valence-corrected chi connectivity index (χ2v) is 9.58. The Kier molecular flexibility index (Phi) is 8.53. The third kappa shape index (κ3) is 6.39. The van der Waals surface area contributed by atoms with Crippen LogP contribution in [0.2, 0.25) is 5.15 Å². The summed E-state index contributed by atoms with van der Waals surface area (Å²) in [5.41, 5.74) is 2.87. The van der Waals surface area contributed by atoms with Crippen molar-refractivity contribution < 1.29 is 14.6 Å². The van der Waals surface area contributed by atoms with Crippen molar-refractivity contribution in [2.45, 2.75) is 43.6 Å². The number of H-pyrrole nitrogens is 1. The molecule has 36 heavy (non-hydrogen) atoms. The van der Waals surface area contributed by atoms with Gasteiger partial charge in [-0.3, -0.25) is 9.59 Å². The molecule has 3 N–H and O–H groups in total. The fourth-order valence-electron chi connectivity index (χ4n) is 4.63. The van der Waals surface area contributed by atoms with Crippen LogP contribution >= 0.6 is 11.6 Å². The minimum atomic E-state index is -0.639. The number of rotatable bonds is 9. The van der Waals surface area contributed by atoms with Gasteiger partial charge in [0.05, 0.1) is 12.6 Å². The van der Waals surface area contributed by atoms with Gasteiger partial charge in [-0.25, -0.2) is 4.98 Å². The van der Waals surface area contributed by atoms with Crippen LogP contribution in [-0.4, -0.2) is 58.7 Å². The minimum Gasteiger partial charge on any atom is -0.387 e. The number of aliphatic hydroxyl groups excluding tert-OH is 1. The molecule has 9 heteroatoms. The number of aromatic amines is 1. The maximum atomic E-state index is 13.0. The Morgan fingerprint density at radius 1 is 1.19 bits per heavy atom. The molecule has 0 radical (unpaired) electrons. The Balaban J connectivity index is 1.31. The molecule has 4 atom stereocenters. The number of benzene rings is 1. The first-order valence-corrected chi connectivity index (χ1v) is 12.3. The van der Waals surface area contributed by atoms with Crippen molar-refractivity contribution in [1.82, 2.24) is 20.2 Å². The van der Waals surface area contributed by atoms with Gasteiger partial charge in [0.15, 0.2) is 0 Å². The van der Waals surface area contributed by atoms with Crippen molar-refractivity contribution in [1.29, 1.82) is 0 Å². The van der Waals surface area contributed by atoms with Gasteiger partial charge in [-0.2, -0.15) is 0 Å². The SMILES string of the molecule is COC(CN(C)C(=O)c1ccc(C[C@@H]2CC[C@H]([C@H](O)c3ccc(Cl)nc3)N2)cc1)c1cccc(=O)[nH]1. The highest BCUT2D eigenvalue weighted by Crippen LogP contribution is 2.27. The van der Waals surface area contributed by atoms with E-state index in [9.17, 15) is 14.7 Å². The Morgan fingerprint density at radius 2 is 1.97 bits per heavy atom. The van der Waals surface area contributed by atoms with E-state index < -0.39 is 12.2 Å². The van der Waals surface area contributed by atoms with Gasteiger partial charge in [0.25, 0.3) is 5.91 Å². The van der Waals surface area contributed by atoms with Crippen LogP contribution in [0.3, 0.4) is 0 Å². The lowest BCUT2D eigenvalue weighted by molar-refractivity contribution is 0.0524. The molecule has 1 amide bonds. The summed E-state index contributed by atoms with van der Waals surface area (Å²) < 4.78 is 5.50. The number of nitrogens with zero attached hydrogens (tertiary/aromatic N) is 2. The van der Waals surface area contributed by atoms with Crippen molar-refractivity contribution in [2.24, 2.45) is 0 Å². The summed E-state index contributed by atoms with van der Waals surface area (Å²) in [4.78, 5) is 33.0. The normalized spacial score (nSPS) is 19.1. The molecule has 3 aromatic rings. The Morgan fingerprint density at radius 3 is 2.64 bits per heavy atom. The molecule has 3 heterocycles. The average molecular weight is 511 g/mol. The van der Waals surface area contributed by atoms with Crippen molar-refractivity contribution in [3.05, 3.63) is 98.7 Å². The second kappa shape index (κ2) is 11.8. The summed E-state index contributed by atoms with van der Waals surface area (Å²) in [7, 11) is 3.27. The maximum Gasteiger partial charge on any atom is 0.253 e. The predicted molar refractivity (Wildman–Crippen MR) is 138 cm³/mol. The number of nitrogens with one attached hydrogen (secondary N) is 2. The number of aliphatic hydroxyl groups is 1. The van der Waals surface area contributed by atoms with E-state index in [1.165, 1.54) is 6.07 Å². The first kappa shape index (κ1) is 26.0. The van der Waals surface area contributed by atoms with Gasteiger partial charge in [0.1, 0.15) is 11.3 Å². The lowest BCUT2D eigenvalue weighted by Gasteiger charge is -2.23. The van der Waals surface area contributed by atoms with E-state index in [4.69, 9.17) is 16.3 Å². The largest absolute Gasteiger partial charge is 0.387 e. The molecule has 4 rings (SSSR count). The molecule has 1 aromatic carbocycles. The number of carbonyl (C=O) groups is 1. The van der Waals surface area contributed by atoms with E-state index >= 15 is 0 Å². The Labute approximate surface area is 215 Å². The molecule has 0 spiro atoms. The summed E-state index contributed by atoms with van der Waals surface area (Å²) in [6.07, 6.45) is 3.16. The number of hydrogen-bond donors (Lipinski definition) is 3. The van der Waals surface area contributed by atoms with Gasteiger partial charge in [0.2, 0.25) is 5.56 Å². The molecule has 1 saturated heterocycles. The van der Waals surface area contributed by atoms with Crippen LogP contribution in [0.25, 0.3) is 0 Å². The summed E-state index contributed by atoms with van der Waals surface area (Å²) >= 11 is 5.85. The van der Waals surface area contributed by atoms with E-state index in [0.29, 0.717) is 23.0 Å². The Bertz CT molecular complexity index is 1220. The fourth-order valence-corrected chi connectivity index (χ4v) is 4.74. The first-order chi connectivity index (χ1) is 17.3. The molecule has 190 valence electrons. The van der Waals surface area contributed by atoms with Crippen LogP contribution in [0.4, 0.5) is 0 Å². The zero-order chi connectivity index (χ0) is 25.7. The lowest BCUT2D eigenvalue weighted by Crippen LogP contribution is -2.35. The molecular weight excluding hydrogens is 480 g/mol. The number of pyridine rings is 2. The van der Waals surface area contributed by atoms with Gasteiger partial charge in [-0.05, 0) is 49.1 Å². The zero-order valence-electron chi connectivity index (χ0n) is 20.4. The smallest absolute Gasteiger partial charge is 0.253 e. The van der Waals surface area contributed by atoms with Crippen molar-refractivity contribution in [3.63, 3.8) is 0 Å². The van der Waals surface area contributed by atoms with Crippen molar-refractivity contribution in [3.8, 4) is 0 Å². The van der Waals surface area contributed by atoms with Crippen molar-refractivity contribution in [2.75, 3.05) is 20.7 Å². The molecule has 0 bridgehead atoms. The zero-order valence-corrected chi connectivity index (χ0v) is 21.1. The molecule has 0 saturated carbocycles. The summed E-state index contributed by atoms with van der Waals surface area (Å²) in [5.74, 6) is -0.124. The molecule has 1 unspecified atom stereocenters. The summed E-state index contributed by atoms with van der Waals surface area (Å²) in [6, 6.07) is 16.2. The van der Waals surface area contributed by atoms with Gasteiger partial charge >= 0.3 is 0 Å². The third-order valence-corrected chi connectivity index (χ3v) is 6.86. The number of aromatic nitrogens is 2. The van der Waals surface area contributed by atoms with Crippen LogP contribution in [-0.2, 0) is 11.2 Å². The van der Waals surface area contributed by atoms with E-state index in [-0.39, 0.29) is 23.6 Å². The number of ether oxygens (including phenoxy) is 1. The van der Waals surface area contributed by atoms with Crippen LogP contribution in [0.15, 0.2) is 65.6 Å². The highest BCUT2D eigenvalue weighted by atomic mass is 35.5. The van der Waals surface area contributed by atoms with E-state index in [1.807, 2.05) is 24.3 Å². The molecule has 1 aliphatic rings. The monoisotopic (exact) mass is 510 g/mol. The first-order valence-electron chi connectivity index (χ1n) is 12.0. The molecule has 1 aliphatic heterocycles. The van der Waals surface area contributed by atoms with Crippen molar-refractivity contribution >= 4 is 17.5 Å². The van der Waals surface area contributed by atoms with Gasteiger partial charge < -0.3 is 25.0 Å². The number of methoxy groups -OCH3 is 1. The summed E-state index contributed by atoms with van der Waals surface area (Å²) in [6.45, 7) is 0.301. The van der Waals surface area contributed by atoms with Gasteiger partial charge in [0, 0.05) is 55.3 Å². The van der Waals surface area contributed by atoms with Crippen LogP contribution in [0.5, 0.6) is 0 Å². The number of halogens is 1. The average Bonchev–Trinajstić information content (AvgIpc) is 3.35. The van der Waals surface area contributed by atoms with E-state index in [1.54, 1.807) is 49.5 Å². The molecule has 2 aromatic heterocycles. The van der Waals surface area contributed by atoms with Crippen LogP contribution < -0.4 is 10.9 Å². The summed E-state index contributed by atoms with van der Waals surface area (Å²) in [5, 5.41) is 14.6. The molecule has 0 aliphatic carbocycles. The number of amides is 1. The van der Waals surface area contributed by atoms with Crippen LogP contribution in [0.1, 0.15) is 52.2 Å².